The highest BCUT2D eigenvalue weighted by atomic mass is 35.5. The van der Waals surface area contributed by atoms with Crippen molar-refractivity contribution >= 4 is 187 Å². The van der Waals surface area contributed by atoms with Crippen molar-refractivity contribution < 1.29 is 82.9 Å². The van der Waals surface area contributed by atoms with Gasteiger partial charge in [0.2, 0.25) is 0 Å². The lowest BCUT2D eigenvalue weighted by Gasteiger charge is -2.31. The molecule has 0 radical (unpaired) electrons. The van der Waals surface area contributed by atoms with Crippen LogP contribution in [0, 0.1) is 20.8 Å². The number of aryl methyl sites for hydroxylation is 3. The van der Waals surface area contributed by atoms with Crippen molar-refractivity contribution in [2.45, 2.75) is 39.3 Å². The van der Waals surface area contributed by atoms with Gasteiger partial charge in [-0.15, -0.1) is 24.8 Å². The van der Waals surface area contributed by atoms with Crippen LogP contribution in [0.1, 0.15) is 64.5 Å². The van der Waals surface area contributed by atoms with Gasteiger partial charge in [-0.1, -0.05) is 68.8 Å². The molecule has 3 aromatic heterocycles. The summed E-state index contributed by atoms with van der Waals surface area (Å²) in [5.74, 6) is -2.05. The summed E-state index contributed by atoms with van der Waals surface area (Å²) in [6.07, 6.45) is -14.6. The maximum Gasteiger partial charge on any atom is 0.416 e. The first kappa shape index (κ1) is 84.5. The molecule has 0 spiro atoms. The molecule has 39 heteroatoms. The maximum absolute atomic E-state index is 13.0. The average Bonchev–Trinajstić information content (AvgIpc) is 1.78. The summed E-state index contributed by atoms with van der Waals surface area (Å²) in [5, 5.41) is 18.4. The highest BCUT2D eigenvalue weighted by Crippen LogP contribution is 2.40. The van der Waals surface area contributed by atoms with E-state index in [-0.39, 0.29) is 109 Å². The molecular formula is C66H63Cl6F9N12O9S3. The Kier molecular flexibility index (Phi) is 28.7. The minimum atomic E-state index is -4.48. The number of nitrogens with zero attached hydrogens (tertiary/aromatic N) is 9. The number of aromatic hydroxyl groups is 1. The number of aromatic nitrogens is 3. The zero-order chi connectivity index (χ0) is 75.2. The molecule has 105 heavy (non-hydrogen) atoms. The number of nitrogens with one attached hydrogen (secondary N) is 3. The average molecular weight is 1650 g/mol. The van der Waals surface area contributed by atoms with Crippen LogP contribution in [0.15, 0.2) is 91.0 Å². The number of hydrogen-bond donors (Lipinski definition) is 4. The van der Waals surface area contributed by atoms with Gasteiger partial charge in [-0.3, -0.25) is 35.1 Å². The van der Waals surface area contributed by atoms with E-state index in [4.69, 9.17) is 55.9 Å². The third-order valence-electron chi connectivity index (χ3n) is 15.9. The van der Waals surface area contributed by atoms with Crippen LogP contribution in [0.2, 0.25) is 15.1 Å². The lowest BCUT2D eigenvalue weighted by Crippen LogP contribution is -2.48. The molecule has 0 atom stereocenters. The molecule has 3 fully saturated rings. The van der Waals surface area contributed by atoms with Crippen LogP contribution in [0.5, 0.6) is 17.2 Å². The third-order valence-corrected chi connectivity index (χ3v) is 19.6. The molecule has 9 aromatic rings. The number of alkyl halides is 9. The molecule has 3 saturated heterocycles. The summed E-state index contributed by atoms with van der Waals surface area (Å²) >= 11 is 26.2. The van der Waals surface area contributed by atoms with Gasteiger partial charge in [0.25, 0.3) is 17.7 Å². The van der Waals surface area contributed by atoms with Gasteiger partial charge >= 0.3 is 36.1 Å². The van der Waals surface area contributed by atoms with Crippen molar-refractivity contribution in [3.8, 4) is 17.2 Å². The first-order valence-electron chi connectivity index (χ1n) is 30.8. The summed E-state index contributed by atoms with van der Waals surface area (Å²) in [7, 11) is 5.96. The molecule has 21 nitrogen and oxygen atoms in total. The zero-order valence-electron chi connectivity index (χ0n) is 55.8. The molecule has 0 bridgehead atoms. The Hall–Kier alpha value is -7.80. The zero-order valence-corrected chi connectivity index (χ0v) is 62.9. The van der Waals surface area contributed by atoms with E-state index in [1.54, 1.807) is 47.6 Å². The summed E-state index contributed by atoms with van der Waals surface area (Å²) < 4.78 is 128. The van der Waals surface area contributed by atoms with Crippen LogP contribution in [0.25, 0.3) is 30.6 Å². The highest BCUT2D eigenvalue weighted by molar-refractivity contribution is 7.23. The number of anilines is 3. The van der Waals surface area contributed by atoms with Gasteiger partial charge in [-0.25, -0.2) is 24.5 Å². The maximum atomic E-state index is 13.0. The van der Waals surface area contributed by atoms with E-state index in [2.05, 4.69) is 45.6 Å². The van der Waals surface area contributed by atoms with Gasteiger partial charge in [0.1, 0.15) is 17.2 Å². The number of benzene rings is 6. The lowest BCUT2D eigenvalue weighted by molar-refractivity contribution is -0.138. The van der Waals surface area contributed by atoms with Crippen molar-refractivity contribution in [3.05, 3.63) is 156 Å². The number of thiazole rings is 3. The minimum absolute atomic E-state index is 0. The lowest BCUT2D eigenvalue weighted by atomic mass is 10.1. The first-order chi connectivity index (χ1) is 48.4. The number of carbonyl (C=O) groups excluding carboxylic acids is 6. The van der Waals surface area contributed by atoms with Crippen LogP contribution >= 0.6 is 105 Å². The number of ether oxygens (including phenoxy) is 2. The van der Waals surface area contributed by atoms with Crippen molar-refractivity contribution in [1.82, 2.24) is 44.4 Å². The number of amides is 6. The van der Waals surface area contributed by atoms with E-state index in [9.17, 15) is 73.4 Å². The number of rotatable bonds is 8. The molecule has 3 aliphatic rings. The molecule has 0 aliphatic carbocycles. The molecule has 6 heterocycles. The molecule has 6 amide bonds. The van der Waals surface area contributed by atoms with Crippen LogP contribution in [-0.2, 0) is 18.5 Å². The van der Waals surface area contributed by atoms with E-state index in [1.165, 1.54) is 42.5 Å². The smallest absolute Gasteiger partial charge is 0.416 e. The molecular weight excluding hydrogens is 1580 g/mol. The summed E-state index contributed by atoms with van der Waals surface area (Å²) in [5.41, 5.74) is -0.0323. The van der Waals surface area contributed by atoms with E-state index < -0.39 is 65.1 Å². The van der Waals surface area contributed by atoms with Crippen LogP contribution < -0.4 is 25.4 Å². The van der Waals surface area contributed by atoms with Gasteiger partial charge in [0, 0.05) is 93.6 Å². The Labute approximate surface area is 637 Å². The highest BCUT2D eigenvalue weighted by Gasteiger charge is 2.35. The van der Waals surface area contributed by atoms with E-state index in [0.717, 1.165) is 96.6 Å². The van der Waals surface area contributed by atoms with Gasteiger partial charge in [0.15, 0.2) is 15.4 Å². The van der Waals surface area contributed by atoms with Crippen molar-refractivity contribution in [3.63, 3.8) is 0 Å². The van der Waals surface area contributed by atoms with Crippen LogP contribution in [0.4, 0.5) is 69.3 Å². The molecule has 3 aliphatic heterocycles. The Balaban J connectivity index is 0.000000206. The summed E-state index contributed by atoms with van der Waals surface area (Å²) in [4.78, 5) is 97.9. The largest absolute Gasteiger partial charge is 0.507 e. The Morgan fingerprint density at radius 3 is 1.00 bits per heavy atom. The topological polar surface area (TPSA) is 235 Å². The normalized spacial score (nSPS) is 14.5. The Morgan fingerprint density at radius 1 is 0.429 bits per heavy atom. The van der Waals surface area contributed by atoms with Crippen molar-refractivity contribution in [2.75, 3.05) is 116 Å². The predicted molar refractivity (Wildman–Crippen MR) is 393 cm³/mol. The van der Waals surface area contributed by atoms with E-state index >= 15 is 0 Å². The third kappa shape index (κ3) is 22.4. The van der Waals surface area contributed by atoms with Crippen LogP contribution in [-0.4, -0.2) is 184 Å². The predicted octanol–water partition coefficient (Wildman–Crippen LogP) is 17.2. The van der Waals surface area contributed by atoms with Crippen molar-refractivity contribution in [1.29, 1.82) is 0 Å². The number of hydrogen-bond acceptors (Lipinski definition) is 18. The Bertz CT molecular complexity index is 4490. The van der Waals surface area contributed by atoms with Crippen LogP contribution in [0.3, 0.4) is 0 Å². The number of phenolic OH excluding ortho intramolecular Hbond substituents is 1. The molecule has 564 valence electrons. The number of piperazine rings is 3. The fourth-order valence-corrected chi connectivity index (χ4v) is 13.9. The number of carbonyl (C=O) groups is 6. The van der Waals surface area contributed by atoms with Gasteiger partial charge in [0.05, 0.1) is 64.0 Å². The number of fused-ring (bicyclic) bond motifs is 3. The molecule has 12 rings (SSSR count). The van der Waals surface area contributed by atoms with E-state index in [1.807, 2.05) is 21.1 Å². The SMILES string of the molecule is CN1CCN(C(=O)Cl)CC1.Cc1cc(Cl)cc(C(=O)Nc2nc3ccc(C(F)(F)F)cc3s2)c1O.Cc1cc(Cl)cc(C(=O)Nc2nc3ccc(C(F)(F)F)cc3s2)c1OC(=O)N1CCN(C)CC1.Cc1cc(Cl)cc(C(=O)Nc2nc3ccc(C(F)(F)F)cc3s2)c1OC(=O)N1CCN(C)CC1.Cl.Cl. The second-order valence-electron chi connectivity index (χ2n) is 23.6. The van der Waals surface area contributed by atoms with E-state index in [0.29, 0.717) is 85.6 Å². The second-order valence-corrected chi connectivity index (χ2v) is 28.4. The first-order valence-corrected chi connectivity index (χ1v) is 34.7. The summed E-state index contributed by atoms with van der Waals surface area (Å²) in [6, 6.07) is 18.2. The van der Waals surface area contributed by atoms with Gasteiger partial charge in [-0.2, -0.15) is 39.5 Å². The Morgan fingerprint density at radius 2 is 0.705 bits per heavy atom. The number of likely N-dealkylation sites (N-methyl/N-ethyl adjacent to an activating group) is 3. The number of phenols is 1. The fraction of sp³-hybridized carbons (Fsp3) is 0.318. The second kappa shape index (κ2) is 35.7. The fourth-order valence-electron chi connectivity index (χ4n) is 10.2. The minimum Gasteiger partial charge on any atom is -0.507 e. The molecule has 0 saturated carbocycles. The van der Waals surface area contributed by atoms with Gasteiger partial charge < -0.3 is 44.0 Å². The van der Waals surface area contributed by atoms with Crippen molar-refractivity contribution in [2.24, 2.45) is 0 Å². The molecule has 4 N–H and O–H groups in total. The number of halogens is 15. The molecule has 6 aromatic carbocycles. The quantitative estimate of drug-likeness (QED) is 0.0629. The monoisotopic (exact) mass is 1640 g/mol. The molecule has 0 unspecified atom stereocenters. The standard InChI is InChI=1S/2C22H20ClF3N4O3S.C16H10ClF3N2O2S.C6H11ClN2O.2ClH/c2*1-12-9-14(23)11-15(18(12)33-21(32)30-7-5-29(2)6-8-30)19(31)28-20-27-16-4-3-13(22(24,25)26)10-17(16)34-20;1-7-4-9(17)6-10(13(7)23)14(24)22-15-21-11-3-2-8(16(18,19)20)5-12(11)25-15;1-8-2-4-9(5-3-8)6(7)10;;/h2*3-4,9-11H,5-8H2,1-2H3,(H,27,28,31);2-6,23H,1H3,(H,21,22,24);2-5H2,1H3;2*1H. The van der Waals surface area contributed by atoms with Gasteiger partial charge in [-0.05, 0) is 161 Å². The summed E-state index contributed by atoms with van der Waals surface area (Å²) in [6.45, 7) is 13.1.